The lowest BCUT2D eigenvalue weighted by molar-refractivity contribution is 0.598. The summed E-state index contributed by atoms with van der Waals surface area (Å²) in [6.07, 6.45) is 2.04. The second kappa shape index (κ2) is 5.49. The third kappa shape index (κ3) is 2.85. The Morgan fingerprint density at radius 3 is 2.69 bits per heavy atom. The SMILES string of the molecule is CCCCNc1snc(N)c1S(=O)(=O)CC. The van der Waals surface area contributed by atoms with E-state index in [1.165, 1.54) is 0 Å². The molecule has 3 N–H and O–H groups in total. The van der Waals surface area contributed by atoms with Gasteiger partial charge in [-0.15, -0.1) is 0 Å². The molecule has 1 heterocycles. The van der Waals surface area contributed by atoms with Crippen LogP contribution < -0.4 is 11.1 Å². The van der Waals surface area contributed by atoms with E-state index in [1.54, 1.807) is 6.92 Å². The third-order valence-corrected chi connectivity index (χ3v) is 4.92. The highest BCUT2D eigenvalue weighted by Crippen LogP contribution is 2.32. The maximum atomic E-state index is 11.8. The summed E-state index contributed by atoms with van der Waals surface area (Å²) >= 11 is 1.10. The first kappa shape index (κ1) is 13.2. The van der Waals surface area contributed by atoms with Gasteiger partial charge in [-0.2, -0.15) is 4.37 Å². The highest BCUT2D eigenvalue weighted by molar-refractivity contribution is 7.91. The minimum atomic E-state index is -3.29. The Balaban J connectivity index is 2.95. The van der Waals surface area contributed by atoms with Crippen molar-refractivity contribution in [2.45, 2.75) is 31.6 Å². The monoisotopic (exact) mass is 263 g/mol. The van der Waals surface area contributed by atoms with E-state index < -0.39 is 9.84 Å². The van der Waals surface area contributed by atoms with Crippen LogP contribution in [0.1, 0.15) is 26.7 Å². The van der Waals surface area contributed by atoms with Crippen molar-refractivity contribution in [2.75, 3.05) is 23.3 Å². The second-order valence-corrected chi connectivity index (χ2v) is 6.40. The van der Waals surface area contributed by atoms with E-state index in [0.29, 0.717) is 5.00 Å². The van der Waals surface area contributed by atoms with E-state index in [9.17, 15) is 8.42 Å². The molecule has 0 saturated heterocycles. The molecule has 0 fully saturated rings. The summed E-state index contributed by atoms with van der Waals surface area (Å²) in [7, 11) is -3.29. The van der Waals surface area contributed by atoms with E-state index in [-0.39, 0.29) is 16.5 Å². The molecule has 5 nitrogen and oxygen atoms in total. The number of nitrogen functional groups attached to an aromatic ring is 1. The summed E-state index contributed by atoms with van der Waals surface area (Å²) in [5.41, 5.74) is 5.59. The minimum Gasteiger partial charge on any atom is -0.382 e. The van der Waals surface area contributed by atoms with Crippen molar-refractivity contribution in [3.63, 3.8) is 0 Å². The van der Waals surface area contributed by atoms with Crippen LogP contribution in [0, 0.1) is 0 Å². The van der Waals surface area contributed by atoms with Gasteiger partial charge in [0, 0.05) is 6.54 Å². The van der Waals surface area contributed by atoms with E-state index in [0.717, 1.165) is 30.9 Å². The molecule has 7 heteroatoms. The average Bonchev–Trinajstić information content (AvgIpc) is 2.61. The van der Waals surface area contributed by atoms with E-state index in [1.807, 2.05) is 0 Å². The maximum absolute atomic E-state index is 11.8. The fraction of sp³-hybridized carbons (Fsp3) is 0.667. The van der Waals surface area contributed by atoms with Gasteiger partial charge < -0.3 is 11.1 Å². The number of hydrogen-bond acceptors (Lipinski definition) is 6. The molecule has 0 radical (unpaired) electrons. The highest BCUT2D eigenvalue weighted by Gasteiger charge is 2.23. The summed E-state index contributed by atoms with van der Waals surface area (Å²) in [5, 5.41) is 3.64. The van der Waals surface area contributed by atoms with Gasteiger partial charge in [0.1, 0.15) is 9.90 Å². The first-order valence-corrected chi connectivity index (χ1v) is 7.67. The molecule has 0 saturated carbocycles. The van der Waals surface area contributed by atoms with Gasteiger partial charge in [0.25, 0.3) is 0 Å². The Morgan fingerprint density at radius 1 is 1.44 bits per heavy atom. The van der Waals surface area contributed by atoms with E-state index >= 15 is 0 Å². The molecular formula is C9H17N3O2S2. The lowest BCUT2D eigenvalue weighted by Crippen LogP contribution is -2.09. The lowest BCUT2D eigenvalue weighted by Gasteiger charge is -2.05. The zero-order valence-electron chi connectivity index (χ0n) is 9.49. The summed E-state index contributed by atoms with van der Waals surface area (Å²) in [5.74, 6) is 0.142. The molecule has 0 atom stereocenters. The molecule has 0 aliphatic heterocycles. The summed E-state index contributed by atoms with van der Waals surface area (Å²) < 4.78 is 27.5. The summed E-state index contributed by atoms with van der Waals surface area (Å²) in [6.45, 7) is 4.42. The predicted molar refractivity (Wildman–Crippen MR) is 67.7 cm³/mol. The molecule has 0 amide bonds. The van der Waals surface area contributed by atoms with Crippen LogP contribution in [0.2, 0.25) is 0 Å². The third-order valence-electron chi connectivity index (χ3n) is 2.18. The van der Waals surface area contributed by atoms with Gasteiger partial charge in [0.15, 0.2) is 15.7 Å². The Hall–Kier alpha value is -0.820. The molecule has 0 aliphatic carbocycles. The van der Waals surface area contributed by atoms with Gasteiger partial charge in [-0.3, -0.25) is 0 Å². The van der Waals surface area contributed by atoms with Crippen molar-refractivity contribution in [1.82, 2.24) is 4.37 Å². The maximum Gasteiger partial charge on any atom is 0.184 e. The molecule has 0 unspecified atom stereocenters. The van der Waals surface area contributed by atoms with Crippen molar-refractivity contribution in [3.05, 3.63) is 0 Å². The van der Waals surface area contributed by atoms with Crippen LogP contribution in [0.25, 0.3) is 0 Å². The molecule has 1 rings (SSSR count). The van der Waals surface area contributed by atoms with Crippen LogP contribution in [0.3, 0.4) is 0 Å². The quantitative estimate of drug-likeness (QED) is 0.763. The minimum absolute atomic E-state index is 0.0398. The number of nitrogens with one attached hydrogen (secondary N) is 1. The van der Waals surface area contributed by atoms with E-state index in [4.69, 9.17) is 5.73 Å². The van der Waals surface area contributed by atoms with Gasteiger partial charge in [-0.05, 0) is 18.0 Å². The highest BCUT2D eigenvalue weighted by atomic mass is 32.2. The Bertz CT molecular complexity index is 440. The first-order valence-electron chi connectivity index (χ1n) is 5.24. The molecule has 92 valence electrons. The number of aromatic nitrogens is 1. The number of nitrogens with zero attached hydrogens (tertiary/aromatic N) is 1. The van der Waals surface area contributed by atoms with Crippen molar-refractivity contribution in [3.8, 4) is 0 Å². The van der Waals surface area contributed by atoms with Crippen molar-refractivity contribution < 1.29 is 8.42 Å². The number of rotatable bonds is 6. The number of hydrogen-bond donors (Lipinski definition) is 2. The van der Waals surface area contributed by atoms with E-state index in [2.05, 4.69) is 16.6 Å². The number of anilines is 2. The molecular weight excluding hydrogens is 246 g/mol. The van der Waals surface area contributed by atoms with Gasteiger partial charge in [-0.25, -0.2) is 8.42 Å². The summed E-state index contributed by atoms with van der Waals surface area (Å²) in [4.78, 5) is 0.163. The fourth-order valence-corrected chi connectivity index (χ4v) is 3.42. The first-order chi connectivity index (χ1) is 7.53. The Labute approximate surface area is 100 Å². The number of unbranched alkanes of at least 4 members (excludes halogenated alkanes) is 1. The smallest absolute Gasteiger partial charge is 0.184 e. The molecule has 0 aromatic carbocycles. The normalized spacial score (nSPS) is 11.6. The largest absolute Gasteiger partial charge is 0.382 e. The van der Waals surface area contributed by atoms with Crippen molar-refractivity contribution in [2.24, 2.45) is 0 Å². The zero-order chi connectivity index (χ0) is 12.2. The molecule has 1 aromatic heterocycles. The van der Waals surface area contributed by atoms with Gasteiger partial charge in [-0.1, -0.05) is 20.3 Å². The predicted octanol–water partition coefficient (Wildman–Crippen LogP) is 1.73. The fourth-order valence-electron chi connectivity index (χ4n) is 1.23. The van der Waals surface area contributed by atoms with Crippen LogP contribution in [0.15, 0.2) is 4.90 Å². The van der Waals surface area contributed by atoms with Crippen LogP contribution >= 0.6 is 11.5 Å². The van der Waals surface area contributed by atoms with Crippen LogP contribution in [0.4, 0.5) is 10.8 Å². The molecule has 1 aromatic rings. The van der Waals surface area contributed by atoms with Gasteiger partial charge in [0.2, 0.25) is 0 Å². The Kier molecular flexibility index (Phi) is 4.55. The molecule has 0 spiro atoms. The zero-order valence-corrected chi connectivity index (χ0v) is 11.1. The Morgan fingerprint density at radius 2 is 2.12 bits per heavy atom. The average molecular weight is 263 g/mol. The van der Waals surface area contributed by atoms with Gasteiger partial charge >= 0.3 is 0 Å². The van der Waals surface area contributed by atoms with Gasteiger partial charge in [0.05, 0.1) is 5.75 Å². The van der Waals surface area contributed by atoms with Crippen molar-refractivity contribution in [1.29, 1.82) is 0 Å². The van der Waals surface area contributed by atoms with Crippen LogP contribution in [-0.4, -0.2) is 25.1 Å². The number of sulfone groups is 1. The standard InChI is InChI=1S/C9H17N3O2S2/c1-3-5-6-11-9-7(8(10)12-15-9)16(13,14)4-2/h11H,3-6H2,1-2H3,(H2,10,12). The second-order valence-electron chi connectivity index (χ2n) is 3.41. The topological polar surface area (TPSA) is 85.1 Å². The number of nitrogens with two attached hydrogens (primary N) is 1. The van der Waals surface area contributed by atoms with Crippen LogP contribution in [0.5, 0.6) is 0 Å². The molecule has 0 aliphatic rings. The lowest BCUT2D eigenvalue weighted by atomic mass is 10.3. The van der Waals surface area contributed by atoms with Crippen LogP contribution in [-0.2, 0) is 9.84 Å². The molecule has 0 bridgehead atoms. The summed E-state index contributed by atoms with van der Waals surface area (Å²) in [6, 6.07) is 0. The van der Waals surface area contributed by atoms with Crippen molar-refractivity contribution >= 4 is 32.2 Å². The molecule has 16 heavy (non-hydrogen) atoms.